The molecule has 106 valence electrons. The molecular weight excluding hydrogens is 264 g/mol. The highest BCUT2D eigenvalue weighted by Crippen LogP contribution is 2.18. The number of sulfonamides is 1. The van der Waals surface area contributed by atoms with Crippen LogP contribution in [0.3, 0.4) is 0 Å². The molecule has 2 N–H and O–H groups in total. The molecule has 0 bridgehead atoms. The fourth-order valence-corrected chi connectivity index (χ4v) is 3.71. The molecule has 1 aliphatic heterocycles. The fraction of sp³-hybridized carbons (Fsp3) is 0.538. The second-order valence-electron chi connectivity index (χ2n) is 4.81. The van der Waals surface area contributed by atoms with E-state index in [1.165, 1.54) is 0 Å². The van der Waals surface area contributed by atoms with Gasteiger partial charge in [0.1, 0.15) is 0 Å². The summed E-state index contributed by atoms with van der Waals surface area (Å²) < 4.78 is 32.7. The molecule has 1 aliphatic rings. The maximum Gasteiger partial charge on any atom is 0.241 e. The maximum atomic E-state index is 12.4. The Labute approximate surface area is 114 Å². The van der Waals surface area contributed by atoms with E-state index in [4.69, 9.17) is 4.74 Å². The third kappa shape index (κ3) is 3.54. The van der Waals surface area contributed by atoms with E-state index in [9.17, 15) is 8.42 Å². The van der Waals surface area contributed by atoms with Crippen molar-refractivity contribution in [2.75, 3.05) is 20.3 Å². The molecule has 1 aromatic rings. The SMILES string of the molecule is CNCc1ccc(C)c(S(=O)(=O)NC2CCOC2)c1. The average Bonchev–Trinajstić information content (AvgIpc) is 2.84. The van der Waals surface area contributed by atoms with Crippen LogP contribution in [0.2, 0.25) is 0 Å². The first-order chi connectivity index (χ1) is 9.03. The standard InChI is InChI=1S/C13H20N2O3S/c1-10-3-4-11(8-14-2)7-13(10)19(16,17)15-12-5-6-18-9-12/h3-4,7,12,14-15H,5-6,8-9H2,1-2H3. The van der Waals surface area contributed by atoms with Crippen LogP contribution in [-0.2, 0) is 21.3 Å². The largest absolute Gasteiger partial charge is 0.380 e. The number of aryl methyl sites for hydroxylation is 1. The van der Waals surface area contributed by atoms with Crippen LogP contribution in [0.1, 0.15) is 17.5 Å². The van der Waals surface area contributed by atoms with Gasteiger partial charge in [-0.25, -0.2) is 13.1 Å². The van der Waals surface area contributed by atoms with Crippen LogP contribution in [-0.4, -0.2) is 34.7 Å². The van der Waals surface area contributed by atoms with Crippen molar-refractivity contribution in [1.29, 1.82) is 0 Å². The lowest BCUT2D eigenvalue weighted by atomic mass is 10.1. The smallest absolute Gasteiger partial charge is 0.241 e. The zero-order valence-corrected chi connectivity index (χ0v) is 12.1. The Morgan fingerprint density at radius 1 is 1.42 bits per heavy atom. The van der Waals surface area contributed by atoms with Crippen molar-refractivity contribution in [2.45, 2.75) is 30.8 Å². The Morgan fingerprint density at radius 3 is 2.84 bits per heavy atom. The van der Waals surface area contributed by atoms with Crippen molar-refractivity contribution in [3.63, 3.8) is 0 Å². The van der Waals surface area contributed by atoms with E-state index in [1.807, 2.05) is 26.1 Å². The van der Waals surface area contributed by atoms with Crippen LogP contribution in [0, 0.1) is 6.92 Å². The molecule has 0 spiro atoms. The molecule has 1 saturated heterocycles. The zero-order chi connectivity index (χ0) is 13.9. The highest BCUT2D eigenvalue weighted by molar-refractivity contribution is 7.89. The van der Waals surface area contributed by atoms with E-state index in [0.717, 1.165) is 17.5 Å². The van der Waals surface area contributed by atoms with Gasteiger partial charge in [0.15, 0.2) is 0 Å². The van der Waals surface area contributed by atoms with Crippen molar-refractivity contribution in [1.82, 2.24) is 10.0 Å². The van der Waals surface area contributed by atoms with E-state index in [-0.39, 0.29) is 6.04 Å². The number of ether oxygens (including phenoxy) is 1. The third-order valence-electron chi connectivity index (χ3n) is 3.17. The zero-order valence-electron chi connectivity index (χ0n) is 11.3. The van der Waals surface area contributed by atoms with Crippen molar-refractivity contribution < 1.29 is 13.2 Å². The van der Waals surface area contributed by atoms with E-state index in [2.05, 4.69) is 10.0 Å². The van der Waals surface area contributed by atoms with E-state index >= 15 is 0 Å². The van der Waals surface area contributed by atoms with Gasteiger partial charge in [0.2, 0.25) is 10.0 Å². The van der Waals surface area contributed by atoms with Gasteiger partial charge in [-0.1, -0.05) is 12.1 Å². The molecule has 1 unspecified atom stereocenters. The predicted molar refractivity (Wildman–Crippen MR) is 73.5 cm³/mol. The Kier molecular flexibility index (Phi) is 4.57. The molecule has 0 saturated carbocycles. The molecule has 0 radical (unpaired) electrons. The number of rotatable bonds is 5. The van der Waals surface area contributed by atoms with E-state index in [0.29, 0.717) is 24.7 Å². The predicted octanol–water partition coefficient (Wildman–Crippen LogP) is 0.782. The van der Waals surface area contributed by atoms with Crippen LogP contribution < -0.4 is 10.0 Å². The third-order valence-corrected chi connectivity index (χ3v) is 4.84. The Bertz CT molecular complexity index is 537. The van der Waals surface area contributed by atoms with Gasteiger partial charge in [-0.3, -0.25) is 0 Å². The van der Waals surface area contributed by atoms with Gasteiger partial charge in [-0.05, 0) is 37.6 Å². The minimum atomic E-state index is -3.47. The molecule has 1 fully saturated rings. The lowest BCUT2D eigenvalue weighted by Gasteiger charge is -2.14. The summed E-state index contributed by atoms with van der Waals surface area (Å²) in [6.45, 7) is 3.53. The first-order valence-corrected chi connectivity index (χ1v) is 7.85. The van der Waals surface area contributed by atoms with Crippen LogP contribution in [0.4, 0.5) is 0 Å². The summed E-state index contributed by atoms with van der Waals surface area (Å²) >= 11 is 0. The Morgan fingerprint density at radius 2 is 2.21 bits per heavy atom. The van der Waals surface area contributed by atoms with Gasteiger partial charge in [-0.15, -0.1) is 0 Å². The van der Waals surface area contributed by atoms with Crippen LogP contribution in [0.25, 0.3) is 0 Å². The summed E-state index contributed by atoms with van der Waals surface area (Å²) in [5.41, 5.74) is 1.71. The Hall–Kier alpha value is -0.950. The lowest BCUT2D eigenvalue weighted by molar-refractivity contribution is 0.192. The van der Waals surface area contributed by atoms with E-state index in [1.54, 1.807) is 6.07 Å². The van der Waals surface area contributed by atoms with Gasteiger partial charge in [-0.2, -0.15) is 0 Å². The van der Waals surface area contributed by atoms with Crippen LogP contribution in [0.5, 0.6) is 0 Å². The molecule has 6 heteroatoms. The minimum Gasteiger partial charge on any atom is -0.380 e. The fourth-order valence-electron chi connectivity index (χ4n) is 2.16. The second-order valence-corrected chi connectivity index (χ2v) is 6.49. The van der Waals surface area contributed by atoms with Crippen molar-refractivity contribution in [3.05, 3.63) is 29.3 Å². The highest BCUT2D eigenvalue weighted by atomic mass is 32.2. The summed E-state index contributed by atoms with van der Waals surface area (Å²) in [7, 11) is -1.64. The number of hydrogen-bond acceptors (Lipinski definition) is 4. The van der Waals surface area contributed by atoms with Gasteiger partial charge < -0.3 is 10.1 Å². The van der Waals surface area contributed by atoms with Crippen LogP contribution >= 0.6 is 0 Å². The molecule has 1 heterocycles. The summed E-state index contributed by atoms with van der Waals surface area (Å²) in [6, 6.07) is 5.39. The molecule has 1 aromatic carbocycles. The summed E-state index contributed by atoms with van der Waals surface area (Å²) in [6.07, 6.45) is 0.731. The molecule has 2 rings (SSSR count). The topological polar surface area (TPSA) is 67.4 Å². The molecule has 0 aromatic heterocycles. The van der Waals surface area contributed by atoms with E-state index < -0.39 is 10.0 Å². The molecular formula is C13H20N2O3S. The second kappa shape index (κ2) is 6.00. The van der Waals surface area contributed by atoms with Gasteiger partial charge in [0.05, 0.1) is 11.5 Å². The first kappa shape index (κ1) is 14.5. The average molecular weight is 284 g/mol. The highest BCUT2D eigenvalue weighted by Gasteiger charge is 2.24. The molecule has 5 nitrogen and oxygen atoms in total. The first-order valence-electron chi connectivity index (χ1n) is 6.37. The summed E-state index contributed by atoms with van der Waals surface area (Å²) in [5, 5.41) is 3.02. The van der Waals surface area contributed by atoms with Gasteiger partial charge >= 0.3 is 0 Å². The van der Waals surface area contributed by atoms with Gasteiger partial charge in [0, 0.05) is 19.2 Å². The number of nitrogens with one attached hydrogen (secondary N) is 2. The normalized spacial score (nSPS) is 19.8. The summed E-state index contributed by atoms with van der Waals surface area (Å²) in [4.78, 5) is 0.354. The number of benzene rings is 1. The molecule has 0 aliphatic carbocycles. The minimum absolute atomic E-state index is 0.114. The van der Waals surface area contributed by atoms with Crippen molar-refractivity contribution in [3.8, 4) is 0 Å². The lowest BCUT2D eigenvalue weighted by Crippen LogP contribution is -2.35. The Balaban J connectivity index is 2.25. The maximum absolute atomic E-state index is 12.4. The molecule has 19 heavy (non-hydrogen) atoms. The molecule has 0 amide bonds. The summed E-state index contributed by atoms with van der Waals surface area (Å²) in [5.74, 6) is 0. The van der Waals surface area contributed by atoms with Gasteiger partial charge in [0.25, 0.3) is 0 Å². The van der Waals surface area contributed by atoms with Crippen molar-refractivity contribution >= 4 is 10.0 Å². The quantitative estimate of drug-likeness (QED) is 0.838. The van der Waals surface area contributed by atoms with Crippen LogP contribution in [0.15, 0.2) is 23.1 Å². The monoisotopic (exact) mass is 284 g/mol. The number of hydrogen-bond donors (Lipinski definition) is 2. The van der Waals surface area contributed by atoms with Crippen molar-refractivity contribution in [2.24, 2.45) is 0 Å². The molecule has 1 atom stereocenters.